The predicted molar refractivity (Wildman–Crippen MR) is 62.6 cm³/mol. The second-order valence-electron chi connectivity index (χ2n) is 4.25. The van der Waals surface area contributed by atoms with Crippen LogP contribution in [-0.2, 0) is 13.5 Å². The molecular weight excluding hydrogens is 217 g/mol. The minimum absolute atomic E-state index is 0.215. The number of hydrogen-bond acceptors (Lipinski definition) is 2. The van der Waals surface area contributed by atoms with Crippen molar-refractivity contribution in [1.82, 2.24) is 9.78 Å². The molecule has 0 fully saturated rings. The fraction of sp³-hybridized carbons (Fsp3) is 0.231. The SMILES string of the molecule is Cn1cc2c3c(c(F)cc2n1)CC/C3=C\C#N. The van der Waals surface area contributed by atoms with E-state index in [2.05, 4.69) is 5.10 Å². The molecule has 1 aromatic carbocycles. The van der Waals surface area contributed by atoms with E-state index in [0.29, 0.717) is 17.5 Å². The molecule has 3 nitrogen and oxygen atoms in total. The highest BCUT2D eigenvalue weighted by Gasteiger charge is 2.23. The molecule has 0 atom stereocenters. The monoisotopic (exact) mass is 227 g/mol. The third-order valence-electron chi connectivity index (χ3n) is 3.18. The first-order valence-corrected chi connectivity index (χ1v) is 5.44. The average molecular weight is 227 g/mol. The van der Waals surface area contributed by atoms with Gasteiger partial charge in [-0.05, 0) is 29.5 Å². The molecule has 1 aliphatic carbocycles. The minimum Gasteiger partial charge on any atom is -0.275 e. The largest absolute Gasteiger partial charge is 0.275 e. The first-order chi connectivity index (χ1) is 8.20. The minimum atomic E-state index is -0.215. The van der Waals surface area contributed by atoms with E-state index < -0.39 is 0 Å². The van der Waals surface area contributed by atoms with Gasteiger partial charge < -0.3 is 0 Å². The second kappa shape index (κ2) is 3.42. The summed E-state index contributed by atoms with van der Waals surface area (Å²) in [5.74, 6) is -0.215. The van der Waals surface area contributed by atoms with Crippen molar-refractivity contribution < 1.29 is 4.39 Å². The zero-order chi connectivity index (χ0) is 12.0. The first kappa shape index (κ1) is 10.0. The summed E-state index contributed by atoms with van der Waals surface area (Å²) in [7, 11) is 1.81. The van der Waals surface area contributed by atoms with Crippen LogP contribution >= 0.6 is 0 Å². The van der Waals surface area contributed by atoms with Crippen LogP contribution in [0.15, 0.2) is 18.3 Å². The van der Waals surface area contributed by atoms with E-state index in [-0.39, 0.29) is 5.82 Å². The molecule has 1 aromatic heterocycles. The van der Waals surface area contributed by atoms with Gasteiger partial charge >= 0.3 is 0 Å². The highest BCUT2D eigenvalue weighted by Crippen LogP contribution is 2.38. The van der Waals surface area contributed by atoms with Gasteiger partial charge in [-0.25, -0.2) is 4.39 Å². The van der Waals surface area contributed by atoms with Crippen LogP contribution in [0.2, 0.25) is 0 Å². The topological polar surface area (TPSA) is 41.6 Å². The van der Waals surface area contributed by atoms with Crippen LogP contribution in [0.4, 0.5) is 4.39 Å². The van der Waals surface area contributed by atoms with Gasteiger partial charge in [-0.2, -0.15) is 10.4 Å². The average Bonchev–Trinajstić information content (AvgIpc) is 2.82. The second-order valence-corrected chi connectivity index (χ2v) is 4.25. The van der Waals surface area contributed by atoms with Crippen molar-refractivity contribution >= 4 is 16.5 Å². The lowest BCUT2D eigenvalue weighted by atomic mass is 10.0. The normalized spacial score (nSPS) is 16.4. The summed E-state index contributed by atoms with van der Waals surface area (Å²) in [5.41, 5.74) is 3.15. The Morgan fingerprint density at radius 3 is 3.12 bits per heavy atom. The molecule has 17 heavy (non-hydrogen) atoms. The molecule has 1 heterocycles. The molecule has 0 saturated carbocycles. The predicted octanol–water partition coefficient (Wildman–Crippen LogP) is 2.57. The summed E-state index contributed by atoms with van der Waals surface area (Å²) in [6.07, 6.45) is 4.79. The Kier molecular flexibility index (Phi) is 2.02. The molecule has 4 heteroatoms. The van der Waals surface area contributed by atoms with Crippen molar-refractivity contribution in [3.63, 3.8) is 0 Å². The van der Waals surface area contributed by atoms with Crippen LogP contribution in [0.1, 0.15) is 17.5 Å². The van der Waals surface area contributed by atoms with Gasteiger partial charge in [-0.15, -0.1) is 0 Å². The Bertz CT molecular complexity index is 689. The van der Waals surface area contributed by atoms with E-state index in [1.807, 2.05) is 19.3 Å². The van der Waals surface area contributed by atoms with Crippen molar-refractivity contribution in [1.29, 1.82) is 5.26 Å². The molecule has 3 rings (SSSR count). The molecule has 1 aliphatic rings. The Hall–Kier alpha value is -2.15. The highest BCUT2D eigenvalue weighted by atomic mass is 19.1. The number of aromatic nitrogens is 2. The molecule has 0 unspecified atom stereocenters. The van der Waals surface area contributed by atoms with Crippen molar-refractivity contribution in [3.05, 3.63) is 35.3 Å². The summed E-state index contributed by atoms with van der Waals surface area (Å²) >= 11 is 0. The number of hydrogen-bond donors (Lipinski definition) is 0. The third-order valence-corrected chi connectivity index (χ3v) is 3.18. The van der Waals surface area contributed by atoms with Crippen LogP contribution in [0.5, 0.6) is 0 Å². The molecule has 0 saturated heterocycles. The fourth-order valence-corrected chi connectivity index (χ4v) is 2.51. The van der Waals surface area contributed by atoms with Crippen molar-refractivity contribution in [3.8, 4) is 6.07 Å². The number of halogens is 1. The molecule has 2 aromatic rings. The smallest absolute Gasteiger partial charge is 0.129 e. The number of benzene rings is 1. The Morgan fingerprint density at radius 2 is 2.35 bits per heavy atom. The molecule has 0 N–H and O–H groups in total. The lowest BCUT2D eigenvalue weighted by molar-refractivity contribution is 0.614. The molecule has 0 radical (unpaired) electrons. The maximum atomic E-state index is 13.9. The first-order valence-electron chi connectivity index (χ1n) is 5.44. The van der Waals surface area contributed by atoms with Gasteiger partial charge in [0.2, 0.25) is 0 Å². The van der Waals surface area contributed by atoms with E-state index in [1.54, 1.807) is 4.68 Å². The van der Waals surface area contributed by atoms with Gasteiger partial charge in [0.25, 0.3) is 0 Å². The zero-order valence-electron chi connectivity index (χ0n) is 9.37. The van der Waals surface area contributed by atoms with Gasteiger partial charge in [0.05, 0.1) is 11.6 Å². The number of rotatable bonds is 0. The van der Waals surface area contributed by atoms with Crippen LogP contribution in [-0.4, -0.2) is 9.78 Å². The van der Waals surface area contributed by atoms with E-state index in [0.717, 1.165) is 22.9 Å². The summed E-state index contributed by atoms with van der Waals surface area (Å²) in [6, 6.07) is 3.51. The summed E-state index contributed by atoms with van der Waals surface area (Å²) in [5, 5.41) is 13.9. The summed E-state index contributed by atoms with van der Waals surface area (Å²) in [4.78, 5) is 0. The number of fused-ring (bicyclic) bond motifs is 3. The molecule has 84 valence electrons. The molecular formula is C13H10FN3. The highest BCUT2D eigenvalue weighted by molar-refractivity contribution is 5.95. The number of aryl methyl sites for hydroxylation is 1. The molecule has 0 bridgehead atoms. The van der Waals surface area contributed by atoms with Crippen molar-refractivity contribution in [2.24, 2.45) is 7.05 Å². The fourth-order valence-electron chi connectivity index (χ4n) is 2.51. The van der Waals surface area contributed by atoms with Crippen LogP contribution in [0, 0.1) is 17.1 Å². The summed E-state index contributed by atoms with van der Waals surface area (Å²) < 4.78 is 15.6. The lowest BCUT2D eigenvalue weighted by Crippen LogP contribution is -1.89. The Morgan fingerprint density at radius 1 is 1.53 bits per heavy atom. The van der Waals surface area contributed by atoms with E-state index in [4.69, 9.17) is 5.26 Å². The van der Waals surface area contributed by atoms with Crippen LogP contribution < -0.4 is 0 Å². The van der Waals surface area contributed by atoms with Crippen molar-refractivity contribution in [2.45, 2.75) is 12.8 Å². The van der Waals surface area contributed by atoms with Gasteiger partial charge in [-0.3, -0.25) is 4.68 Å². The number of nitriles is 1. The number of nitrogens with zero attached hydrogens (tertiary/aromatic N) is 3. The molecule has 0 aliphatic heterocycles. The quantitative estimate of drug-likeness (QED) is 0.649. The van der Waals surface area contributed by atoms with Gasteiger partial charge in [0, 0.05) is 30.8 Å². The van der Waals surface area contributed by atoms with Crippen LogP contribution in [0.25, 0.3) is 16.5 Å². The van der Waals surface area contributed by atoms with E-state index in [9.17, 15) is 4.39 Å². The number of allylic oxidation sites excluding steroid dienone is 2. The third kappa shape index (κ3) is 1.36. The van der Waals surface area contributed by atoms with Gasteiger partial charge in [-0.1, -0.05) is 0 Å². The standard InChI is InChI=1S/C13H10FN3/c1-17-7-10-12(16-17)6-11(14)9-3-2-8(4-5-15)13(9)10/h4,6-7H,2-3H2,1H3/b8-4+. The Labute approximate surface area is 97.8 Å². The molecule has 0 amide bonds. The van der Waals surface area contributed by atoms with Gasteiger partial charge in [0.15, 0.2) is 0 Å². The Balaban J connectivity index is 2.42. The van der Waals surface area contributed by atoms with E-state index in [1.165, 1.54) is 12.1 Å². The van der Waals surface area contributed by atoms with Crippen molar-refractivity contribution in [2.75, 3.05) is 0 Å². The zero-order valence-corrected chi connectivity index (χ0v) is 9.37. The van der Waals surface area contributed by atoms with Crippen LogP contribution in [0.3, 0.4) is 0 Å². The molecule has 0 spiro atoms. The maximum absolute atomic E-state index is 13.9. The van der Waals surface area contributed by atoms with E-state index >= 15 is 0 Å². The lowest BCUT2D eigenvalue weighted by Gasteiger charge is -2.02. The summed E-state index contributed by atoms with van der Waals surface area (Å²) in [6.45, 7) is 0. The van der Waals surface area contributed by atoms with Gasteiger partial charge in [0.1, 0.15) is 5.82 Å². The maximum Gasteiger partial charge on any atom is 0.129 e.